The summed E-state index contributed by atoms with van der Waals surface area (Å²) in [6, 6.07) is 11.4. The summed E-state index contributed by atoms with van der Waals surface area (Å²) in [5, 5.41) is 7.06. The number of nitrogens with one attached hydrogen (secondary N) is 2. The molecular formula is C13H20N2. The van der Waals surface area contributed by atoms with Gasteiger partial charge in [-0.25, -0.2) is 0 Å². The molecule has 1 saturated heterocycles. The van der Waals surface area contributed by atoms with Crippen molar-refractivity contribution in [1.82, 2.24) is 10.6 Å². The summed E-state index contributed by atoms with van der Waals surface area (Å²) < 4.78 is 0. The van der Waals surface area contributed by atoms with E-state index in [1.54, 1.807) is 0 Å². The van der Waals surface area contributed by atoms with Crippen LogP contribution in [0.5, 0.6) is 0 Å². The number of benzene rings is 1. The number of hydrogen-bond acceptors (Lipinski definition) is 2. The van der Waals surface area contributed by atoms with Crippen molar-refractivity contribution in [2.45, 2.75) is 25.3 Å². The third kappa shape index (κ3) is 3.65. The van der Waals surface area contributed by atoms with Crippen LogP contribution in [-0.2, 0) is 6.42 Å². The predicted octanol–water partition coefficient (Wildman–Crippen LogP) is 1.57. The van der Waals surface area contributed by atoms with Crippen LogP contribution >= 0.6 is 0 Å². The predicted molar refractivity (Wildman–Crippen MR) is 64.0 cm³/mol. The van der Waals surface area contributed by atoms with Crippen LogP contribution in [0, 0.1) is 0 Å². The van der Waals surface area contributed by atoms with Crippen molar-refractivity contribution in [2.75, 3.05) is 19.6 Å². The topological polar surface area (TPSA) is 24.1 Å². The molecule has 2 heteroatoms. The largest absolute Gasteiger partial charge is 0.315 e. The van der Waals surface area contributed by atoms with Gasteiger partial charge in [-0.15, -0.1) is 0 Å². The Morgan fingerprint density at radius 1 is 1.13 bits per heavy atom. The SMILES string of the molecule is c1ccc(CCC2CNCCCN2)cc1. The molecule has 0 aromatic heterocycles. The van der Waals surface area contributed by atoms with E-state index in [2.05, 4.69) is 41.0 Å². The molecule has 1 aromatic rings. The molecule has 0 aliphatic carbocycles. The summed E-state index contributed by atoms with van der Waals surface area (Å²) >= 11 is 0. The molecule has 0 spiro atoms. The normalized spacial score (nSPS) is 22.3. The second kappa shape index (κ2) is 5.89. The maximum atomic E-state index is 3.59. The highest BCUT2D eigenvalue weighted by atomic mass is 15.0. The van der Waals surface area contributed by atoms with Gasteiger partial charge in [0.1, 0.15) is 0 Å². The molecule has 82 valence electrons. The molecule has 0 bridgehead atoms. The molecule has 0 radical (unpaired) electrons. The third-order valence-corrected chi connectivity index (χ3v) is 2.98. The number of rotatable bonds is 3. The van der Waals surface area contributed by atoms with Gasteiger partial charge in [0.25, 0.3) is 0 Å². The van der Waals surface area contributed by atoms with E-state index in [0.717, 1.165) is 19.6 Å². The minimum atomic E-state index is 0.646. The molecule has 1 atom stereocenters. The first-order valence-electron chi connectivity index (χ1n) is 5.93. The highest BCUT2D eigenvalue weighted by molar-refractivity contribution is 5.14. The van der Waals surface area contributed by atoms with Crippen LogP contribution in [0.4, 0.5) is 0 Å². The van der Waals surface area contributed by atoms with Gasteiger partial charge in [-0.1, -0.05) is 30.3 Å². The molecule has 1 unspecified atom stereocenters. The summed E-state index contributed by atoms with van der Waals surface area (Å²) in [4.78, 5) is 0. The van der Waals surface area contributed by atoms with E-state index < -0.39 is 0 Å². The van der Waals surface area contributed by atoms with Gasteiger partial charge in [0.05, 0.1) is 0 Å². The molecule has 1 heterocycles. The van der Waals surface area contributed by atoms with Crippen molar-refractivity contribution in [2.24, 2.45) is 0 Å². The fourth-order valence-electron chi connectivity index (χ4n) is 2.06. The van der Waals surface area contributed by atoms with Crippen molar-refractivity contribution in [3.8, 4) is 0 Å². The van der Waals surface area contributed by atoms with Gasteiger partial charge in [0.15, 0.2) is 0 Å². The first kappa shape index (κ1) is 10.7. The minimum Gasteiger partial charge on any atom is -0.315 e. The Bertz CT molecular complexity index is 263. The second-order valence-electron chi connectivity index (χ2n) is 4.23. The molecular weight excluding hydrogens is 184 g/mol. The monoisotopic (exact) mass is 204 g/mol. The summed E-state index contributed by atoms with van der Waals surface area (Å²) in [6.45, 7) is 3.44. The molecule has 0 saturated carbocycles. The van der Waals surface area contributed by atoms with E-state index in [4.69, 9.17) is 0 Å². The van der Waals surface area contributed by atoms with Crippen LogP contribution < -0.4 is 10.6 Å². The standard InChI is InChI=1S/C13H20N2/c1-2-5-12(6-3-1)7-8-13-11-14-9-4-10-15-13/h1-3,5-6,13-15H,4,7-11H2. The van der Waals surface area contributed by atoms with Crippen LogP contribution in [0.2, 0.25) is 0 Å². The Hall–Kier alpha value is -0.860. The third-order valence-electron chi connectivity index (χ3n) is 2.98. The zero-order valence-electron chi connectivity index (χ0n) is 9.21. The molecule has 1 aromatic carbocycles. The molecule has 1 fully saturated rings. The number of hydrogen-bond donors (Lipinski definition) is 2. The molecule has 2 rings (SSSR count). The molecule has 1 aliphatic rings. The highest BCUT2D eigenvalue weighted by Gasteiger charge is 2.10. The van der Waals surface area contributed by atoms with E-state index in [1.807, 2.05) is 0 Å². The Kier molecular flexibility index (Phi) is 4.18. The Labute approximate surface area is 92.1 Å². The fourth-order valence-corrected chi connectivity index (χ4v) is 2.06. The summed E-state index contributed by atoms with van der Waals surface area (Å²) in [6.07, 6.45) is 3.67. The number of aryl methyl sites for hydroxylation is 1. The van der Waals surface area contributed by atoms with Crippen molar-refractivity contribution in [3.05, 3.63) is 35.9 Å². The fraction of sp³-hybridized carbons (Fsp3) is 0.538. The van der Waals surface area contributed by atoms with Gasteiger partial charge in [-0.05, 0) is 37.9 Å². The lowest BCUT2D eigenvalue weighted by Crippen LogP contribution is -2.35. The lowest BCUT2D eigenvalue weighted by molar-refractivity contribution is 0.494. The first-order chi connectivity index (χ1) is 7.45. The van der Waals surface area contributed by atoms with Crippen LogP contribution in [-0.4, -0.2) is 25.7 Å². The van der Waals surface area contributed by atoms with Crippen LogP contribution in [0.15, 0.2) is 30.3 Å². The minimum absolute atomic E-state index is 0.646. The van der Waals surface area contributed by atoms with Crippen LogP contribution in [0.25, 0.3) is 0 Å². The van der Waals surface area contributed by atoms with E-state index in [1.165, 1.54) is 24.8 Å². The Balaban J connectivity index is 1.77. The van der Waals surface area contributed by atoms with Crippen LogP contribution in [0.3, 0.4) is 0 Å². The lowest BCUT2D eigenvalue weighted by Gasteiger charge is -2.15. The summed E-state index contributed by atoms with van der Waals surface area (Å²) in [7, 11) is 0. The molecule has 15 heavy (non-hydrogen) atoms. The Morgan fingerprint density at radius 2 is 2.00 bits per heavy atom. The second-order valence-corrected chi connectivity index (χ2v) is 4.23. The van der Waals surface area contributed by atoms with E-state index in [-0.39, 0.29) is 0 Å². The molecule has 2 nitrogen and oxygen atoms in total. The van der Waals surface area contributed by atoms with Crippen molar-refractivity contribution >= 4 is 0 Å². The van der Waals surface area contributed by atoms with E-state index in [9.17, 15) is 0 Å². The van der Waals surface area contributed by atoms with Crippen molar-refractivity contribution in [3.63, 3.8) is 0 Å². The Morgan fingerprint density at radius 3 is 2.87 bits per heavy atom. The molecule has 1 aliphatic heterocycles. The van der Waals surface area contributed by atoms with E-state index >= 15 is 0 Å². The zero-order valence-corrected chi connectivity index (χ0v) is 9.21. The molecule has 2 N–H and O–H groups in total. The quantitative estimate of drug-likeness (QED) is 0.781. The zero-order chi connectivity index (χ0) is 10.3. The molecule has 0 amide bonds. The highest BCUT2D eigenvalue weighted by Crippen LogP contribution is 2.05. The maximum Gasteiger partial charge on any atom is 0.0195 e. The average molecular weight is 204 g/mol. The van der Waals surface area contributed by atoms with Crippen molar-refractivity contribution in [1.29, 1.82) is 0 Å². The van der Waals surface area contributed by atoms with Gasteiger partial charge < -0.3 is 10.6 Å². The smallest absolute Gasteiger partial charge is 0.0195 e. The van der Waals surface area contributed by atoms with Crippen molar-refractivity contribution < 1.29 is 0 Å². The lowest BCUT2D eigenvalue weighted by atomic mass is 10.1. The summed E-state index contributed by atoms with van der Waals surface area (Å²) in [5.74, 6) is 0. The van der Waals surface area contributed by atoms with Crippen LogP contribution in [0.1, 0.15) is 18.4 Å². The summed E-state index contributed by atoms with van der Waals surface area (Å²) in [5.41, 5.74) is 1.45. The maximum absolute atomic E-state index is 3.59. The van der Waals surface area contributed by atoms with Gasteiger partial charge in [-0.2, -0.15) is 0 Å². The van der Waals surface area contributed by atoms with E-state index in [0.29, 0.717) is 6.04 Å². The first-order valence-corrected chi connectivity index (χ1v) is 5.93. The average Bonchev–Trinajstić information content (AvgIpc) is 2.56. The van der Waals surface area contributed by atoms with Gasteiger partial charge in [0.2, 0.25) is 0 Å². The van der Waals surface area contributed by atoms with Gasteiger partial charge in [0, 0.05) is 12.6 Å². The van der Waals surface area contributed by atoms with Gasteiger partial charge in [-0.3, -0.25) is 0 Å². The van der Waals surface area contributed by atoms with Gasteiger partial charge >= 0.3 is 0 Å².